The number of nitrogens with one attached hydrogen (secondary N) is 1. The van der Waals surface area contributed by atoms with Gasteiger partial charge < -0.3 is 9.26 Å². The fourth-order valence-electron chi connectivity index (χ4n) is 2.78. The molecule has 3 rings (SSSR count). The summed E-state index contributed by atoms with van der Waals surface area (Å²) in [6, 6.07) is 17.5. The fourth-order valence-corrected chi connectivity index (χ4v) is 2.78. The molecule has 0 atom stereocenters. The maximum atomic E-state index is 12.6. The predicted molar refractivity (Wildman–Crippen MR) is 111 cm³/mol. The molecule has 7 heteroatoms. The number of hydrogen-bond acceptors (Lipinski definition) is 6. The van der Waals surface area contributed by atoms with Crippen LogP contribution in [0.1, 0.15) is 42.4 Å². The van der Waals surface area contributed by atoms with Crippen LogP contribution in [0.4, 0.5) is 5.88 Å². The number of aromatic nitrogens is 1. The molecule has 0 aliphatic rings. The van der Waals surface area contributed by atoms with Gasteiger partial charge >= 0.3 is 5.97 Å². The molecule has 3 aromatic rings. The largest absolute Gasteiger partial charge is 0.452 e. The third kappa shape index (κ3) is 4.73. The predicted octanol–water partition coefficient (Wildman–Crippen LogP) is 4.31. The standard InChI is InChI=1S/C23H21N3O4/c1-23(2,3)19-12-21(30-26-19)25-20(27)14-29-22(28)18-11-7-6-10-17(18)16-9-5-4-8-15(16)13-24/h4-12H,14H2,1-3H3,(H,25,27). The van der Waals surface area contributed by atoms with Gasteiger partial charge in [-0.05, 0) is 17.7 Å². The maximum absolute atomic E-state index is 12.6. The molecule has 7 nitrogen and oxygen atoms in total. The average molecular weight is 403 g/mol. The minimum absolute atomic E-state index is 0.185. The van der Waals surface area contributed by atoms with Crippen molar-refractivity contribution in [1.82, 2.24) is 5.16 Å². The van der Waals surface area contributed by atoms with E-state index < -0.39 is 18.5 Å². The van der Waals surface area contributed by atoms with E-state index in [1.165, 1.54) is 0 Å². The lowest BCUT2D eigenvalue weighted by molar-refractivity contribution is -0.119. The molecule has 1 heterocycles. The second-order valence-corrected chi connectivity index (χ2v) is 7.65. The molecule has 0 spiro atoms. The van der Waals surface area contributed by atoms with E-state index in [4.69, 9.17) is 9.26 Å². The first-order valence-corrected chi connectivity index (χ1v) is 9.32. The van der Waals surface area contributed by atoms with Gasteiger partial charge in [-0.1, -0.05) is 62.3 Å². The Morgan fingerprint density at radius 3 is 2.43 bits per heavy atom. The topological polar surface area (TPSA) is 105 Å². The normalized spacial score (nSPS) is 10.9. The van der Waals surface area contributed by atoms with Crippen LogP contribution in [-0.2, 0) is 14.9 Å². The summed E-state index contributed by atoms with van der Waals surface area (Å²) in [6.07, 6.45) is 0. The van der Waals surface area contributed by atoms with Gasteiger partial charge in [0.25, 0.3) is 5.91 Å². The summed E-state index contributed by atoms with van der Waals surface area (Å²) in [5, 5.41) is 15.8. The Kier molecular flexibility index (Phi) is 5.98. The van der Waals surface area contributed by atoms with Crippen LogP contribution in [0, 0.1) is 11.3 Å². The molecule has 0 saturated carbocycles. The second kappa shape index (κ2) is 8.62. The van der Waals surface area contributed by atoms with Gasteiger partial charge in [-0.15, -0.1) is 0 Å². The zero-order valence-electron chi connectivity index (χ0n) is 16.9. The van der Waals surface area contributed by atoms with E-state index in [1.807, 2.05) is 20.8 Å². The van der Waals surface area contributed by atoms with E-state index in [9.17, 15) is 14.9 Å². The third-order valence-corrected chi connectivity index (χ3v) is 4.36. The number of carbonyl (C=O) groups is 2. The number of esters is 1. The molecule has 0 saturated heterocycles. The minimum Gasteiger partial charge on any atom is -0.452 e. The van der Waals surface area contributed by atoms with E-state index in [2.05, 4.69) is 16.5 Å². The van der Waals surface area contributed by atoms with Crippen molar-refractivity contribution in [2.75, 3.05) is 11.9 Å². The monoisotopic (exact) mass is 403 g/mol. The van der Waals surface area contributed by atoms with Gasteiger partial charge in [0.15, 0.2) is 6.61 Å². The van der Waals surface area contributed by atoms with Crippen molar-refractivity contribution in [3.63, 3.8) is 0 Å². The molecule has 0 fully saturated rings. The summed E-state index contributed by atoms with van der Waals surface area (Å²) in [5.74, 6) is -1.03. The smallest absolute Gasteiger partial charge is 0.339 e. The Morgan fingerprint density at radius 1 is 1.10 bits per heavy atom. The van der Waals surface area contributed by atoms with Crippen LogP contribution in [0.3, 0.4) is 0 Å². The number of nitriles is 1. The Balaban J connectivity index is 1.69. The first kappa shape index (κ1) is 20.8. The number of amides is 1. The van der Waals surface area contributed by atoms with Crippen LogP contribution < -0.4 is 5.32 Å². The fraction of sp³-hybridized carbons (Fsp3) is 0.217. The highest BCUT2D eigenvalue weighted by atomic mass is 16.5. The Morgan fingerprint density at radius 2 is 1.77 bits per heavy atom. The summed E-state index contributed by atoms with van der Waals surface area (Å²) in [6.45, 7) is 5.43. The zero-order valence-corrected chi connectivity index (χ0v) is 16.9. The summed E-state index contributed by atoms with van der Waals surface area (Å²) >= 11 is 0. The van der Waals surface area contributed by atoms with Crippen LogP contribution in [-0.4, -0.2) is 23.6 Å². The Bertz CT molecular complexity index is 1120. The molecular formula is C23H21N3O4. The van der Waals surface area contributed by atoms with Gasteiger partial charge in [0, 0.05) is 17.0 Å². The first-order chi connectivity index (χ1) is 14.3. The van der Waals surface area contributed by atoms with Gasteiger partial charge in [-0.3, -0.25) is 10.1 Å². The zero-order chi connectivity index (χ0) is 21.7. The number of benzene rings is 2. The van der Waals surface area contributed by atoms with Crippen LogP contribution in [0.25, 0.3) is 11.1 Å². The molecule has 1 N–H and O–H groups in total. The van der Waals surface area contributed by atoms with Crippen LogP contribution >= 0.6 is 0 Å². The Labute approximate surface area is 174 Å². The van der Waals surface area contributed by atoms with Crippen molar-refractivity contribution in [1.29, 1.82) is 5.26 Å². The number of ether oxygens (including phenoxy) is 1. The molecule has 0 aliphatic heterocycles. The van der Waals surface area contributed by atoms with Gasteiger partial charge in [0.2, 0.25) is 5.88 Å². The molecule has 0 bridgehead atoms. The number of hydrogen-bond donors (Lipinski definition) is 1. The number of nitrogens with zero attached hydrogens (tertiary/aromatic N) is 2. The lowest BCUT2D eigenvalue weighted by atomic mass is 9.92. The average Bonchev–Trinajstić information content (AvgIpc) is 3.21. The van der Waals surface area contributed by atoms with E-state index in [1.54, 1.807) is 54.6 Å². The quantitative estimate of drug-likeness (QED) is 0.637. The highest BCUT2D eigenvalue weighted by Gasteiger charge is 2.21. The summed E-state index contributed by atoms with van der Waals surface area (Å²) in [5.41, 5.74) is 2.36. The summed E-state index contributed by atoms with van der Waals surface area (Å²) < 4.78 is 10.3. The molecule has 2 aromatic carbocycles. The van der Waals surface area contributed by atoms with Crippen molar-refractivity contribution in [2.45, 2.75) is 26.2 Å². The van der Waals surface area contributed by atoms with E-state index >= 15 is 0 Å². The molecule has 1 amide bonds. The van der Waals surface area contributed by atoms with Gasteiger partial charge in [0.1, 0.15) is 0 Å². The molecular weight excluding hydrogens is 382 g/mol. The molecule has 0 radical (unpaired) electrons. The minimum atomic E-state index is -0.665. The van der Waals surface area contributed by atoms with Gasteiger partial charge in [-0.2, -0.15) is 5.26 Å². The lowest BCUT2D eigenvalue weighted by Gasteiger charge is -2.12. The molecule has 30 heavy (non-hydrogen) atoms. The second-order valence-electron chi connectivity index (χ2n) is 7.65. The van der Waals surface area contributed by atoms with Crippen molar-refractivity contribution in [3.8, 4) is 17.2 Å². The number of anilines is 1. The van der Waals surface area contributed by atoms with Crippen LogP contribution in [0.2, 0.25) is 0 Å². The van der Waals surface area contributed by atoms with Crippen molar-refractivity contribution in [2.24, 2.45) is 0 Å². The van der Waals surface area contributed by atoms with Crippen molar-refractivity contribution in [3.05, 3.63) is 71.4 Å². The molecule has 0 aliphatic carbocycles. The van der Waals surface area contributed by atoms with Gasteiger partial charge in [0.05, 0.1) is 22.9 Å². The van der Waals surface area contributed by atoms with E-state index in [-0.39, 0.29) is 16.9 Å². The van der Waals surface area contributed by atoms with Crippen LogP contribution in [0.5, 0.6) is 0 Å². The summed E-state index contributed by atoms with van der Waals surface area (Å²) in [7, 11) is 0. The highest BCUT2D eigenvalue weighted by Crippen LogP contribution is 2.27. The van der Waals surface area contributed by atoms with Gasteiger partial charge in [-0.25, -0.2) is 4.79 Å². The highest BCUT2D eigenvalue weighted by molar-refractivity contribution is 6.00. The van der Waals surface area contributed by atoms with Crippen molar-refractivity contribution < 1.29 is 18.8 Å². The molecule has 152 valence electrons. The number of rotatable bonds is 5. The Hall–Kier alpha value is -3.92. The van der Waals surface area contributed by atoms with Crippen molar-refractivity contribution >= 4 is 17.8 Å². The SMILES string of the molecule is CC(C)(C)c1cc(NC(=O)COC(=O)c2ccccc2-c2ccccc2C#N)on1. The molecule has 1 aromatic heterocycles. The van der Waals surface area contributed by atoms with Crippen LogP contribution in [0.15, 0.2) is 59.1 Å². The third-order valence-electron chi connectivity index (χ3n) is 4.36. The van der Waals surface area contributed by atoms with E-state index in [0.717, 1.165) is 0 Å². The van der Waals surface area contributed by atoms with E-state index in [0.29, 0.717) is 22.4 Å². The lowest BCUT2D eigenvalue weighted by Crippen LogP contribution is -2.21. The first-order valence-electron chi connectivity index (χ1n) is 9.32. The molecule has 0 unspecified atom stereocenters. The maximum Gasteiger partial charge on any atom is 0.339 e. The summed E-state index contributed by atoms with van der Waals surface area (Å²) in [4.78, 5) is 24.8. The number of carbonyl (C=O) groups excluding carboxylic acids is 2.